The molecule has 7 atom stereocenters. The number of carbonyl (C=O) groups excluding carboxylic acids is 3. The third-order valence-corrected chi connectivity index (χ3v) is 10.1. The van der Waals surface area contributed by atoms with E-state index in [0.717, 1.165) is 27.8 Å². The number of hydrogen-bond donors (Lipinski definition) is 2. The summed E-state index contributed by atoms with van der Waals surface area (Å²) in [5, 5.41) is 5.82. The zero-order chi connectivity index (χ0) is 44.4. The van der Waals surface area contributed by atoms with Crippen LogP contribution < -0.4 is 10.6 Å². The molecule has 0 aliphatic carbocycles. The standard InChI is InChI=1S/C51H58N2O10/c1-36(54)61-44(42(30-37-20-10-5-11-21-37)52-50(56)63-51(2,3)4)48(55)53-49-47(60-34-41-28-18-9-19-29-41)46(59-33-40-26-16-8-17-27-40)45(58-32-39-24-14-7-15-25-39)43(62-49)35-57-31-38-22-12-6-13-23-38/h5-29,42-47,49H,30-35H2,1-4H3,(H,52,56)(H,53,55)/t42?,43-,44?,45-,46+,47-,49-/m1/s1. The number of rotatable bonds is 20. The molecule has 12 heteroatoms. The summed E-state index contributed by atoms with van der Waals surface area (Å²) in [5.41, 5.74) is 3.63. The van der Waals surface area contributed by atoms with Crippen LogP contribution in [0.1, 0.15) is 55.5 Å². The van der Waals surface area contributed by atoms with E-state index in [2.05, 4.69) is 10.6 Å². The number of nitrogens with one attached hydrogen (secondary N) is 2. The van der Waals surface area contributed by atoms with Gasteiger partial charge in [-0.25, -0.2) is 4.79 Å². The number of alkyl carbamates (subject to hydrolysis) is 1. The van der Waals surface area contributed by atoms with E-state index >= 15 is 0 Å². The summed E-state index contributed by atoms with van der Waals surface area (Å²) in [6.07, 6.45) is -6.76. The van der Waals surface area contributed by atoms with Crippen molar-refractivity contribution in [2.45, 2.75) is 109 Å². The summed E-state index contributed by atoms with van der Waals surface area (Å²) in [6, 6.07) is 47.1. The van der Waals surface area contributed by atoms with Crippen molar-refractivity contribution in [3.8, 4) is 0 Å². The zero-order valence-electron chi connectivity index (χ0n) is 36.3. The molecule has 2 amide bonds. The van der Waals surface area contributed by atoms with Gasteiger partial charge < -0.3 is 43.8 Å². The number of amides is 2. The van der Waals surface area contributed by atoms with Crippen LogP contribution in [-0.2, 0) is 75.6 Å². The Kier molecular flexibility index (Phi) is 17.4. The summed E-state index contributed by atoms with van der Waals surface area (Å²) in [6.45, 7) is 7.31. The number of carbonyl (C=O) groups is 3. The Labute approximate surface area is 370 Å². The fraction of sp³-hybridized carbons (Fsp3) is 0.353. The highest BCUT2D eigenvalue weighted by molar-refractivity contribution is 5.85. The molecule has 5 aromatic carbocycles. The second-order valence-corrected chi connectivity index (χ2v) is 16.4. The predicted molar refractivity (Wildman–Crippen MR) is 237 cm³/mol. The second kappa shape index (κ2) is 23.5. The quantitative estimate of drug-likeness (QED) is 0.0744. The molecule has 2 unspecified atom stereocenters. The maximum Gasteiger partial charge on any atom is 0.408 e. The van der Waals surface area contributed by atoms with Crippen molar-refractivity contribution in [1.29, 1.82) is 0 Å². The van der Waals surface area contributed by atoms with Gasteiger partial charge in [0.15, 0.2) is 6.23 Å². The Morgan fingerprint density at radius 3 is 1.48 bits per heavy atom. The normalized spacial score (nSPS) is 19.6. The molecule has 6 rings (SSSR count). The van der Waals surface area contributed by atoms with Gasteiger partial charge in [0.25, 0.3) is 5.91 Å². The molecule has 0 bridgehead atoms. The van der Waals surface area contributed by atoms with Crippen molar-refractivity contribution >= 4 is 18.0 Å². The maximum atomic E-state index is 14.8. The van der Waals surface area contributed by atoms with E-state index in [1.807, 2.05) is 152 Å². The predicted octanol–water partition coefficient (Wildman–Crippen LogP) is 7.87. The largest absolute Gasteiger partial charge is 0.450 e. The van der Waals surface area contributed by atoms with E-state index in [0.29, 0.717) is 6.61 Å². The molecule has 0 spiro atoms. The molecule has 0 radical (unpaired) electrons. The van der Waals surface area contributed by atoms with Crippen LogP contribution in [0, 0.1) is 0 Å². The lowest BCUT2D eigenvalue weighted by atomic mass is 9.96. The summed E-state index contributed by atoms with van der Waals surface area (Å²) in [7, 11) is 0. The lowest BCUT2D eigenvalue weighted by molar-refractivity contribution is -0.277. The van der Waals surface area contributed by atoms with Gasteiger partial charge in [0.05, 0.1) is 39.1 Å². The molecular formula is C51H58N2O10. The topological polar surface area (TPSA) is 140 Å². The third kappa shape index (κ3) is 15.2. The summed E-state index contributed by atoms with van der Waals surface area (Å²) in [4.78, 5) is 40.9. The SMILES string of the molecule is CC(=O)OC(C(=O)N[C@@H]1O[C@H](COCc2ccccc2)[C@@H](OCc2ccccc2)[C@H](OCc2ccccc2)[C@H]1OCc1ccccc1)C(Cc1ccccc1)NC(=O)OC(C)(C)C. The van der Waals surface area contributed by atoms with Gasteiger partial charge in [0.1, 0.15) is 30.0 Å². The van der Waals surface area contributed by atoms with Crippen LogP contribution in [0.5, 0.6) is 0 Å². The monoisotopic (exact) mass is 858 g/mol. The Balaban J connectivity index is 1.37. The van der Waals surface area contributed by atoms with Crippen molar-refractivity contribution in [1.82, 2.24) is 10.6 Å². The highest BCUT2D eigenvalue weighted by Gasteiger charge is 2.50. The van der Waals surface area contributed by atoms with E-state index in [9.17, 15) is 14.4 Å². The first-order valence-electron chi connectivity index (χ1n) is 21.3. The minimum atomic E-state index is -1.53. The molecule has 2 N–H and O–H groups in total. The van der Waals surface area contributed by atoms with E-state index in [4.69, 9.17) is 33.2 Å². The first-order valence-corrected chi connectivity index (χ1v) is 21.3. The fourth-order valence-electron chi connectivity index (χ4n) is 7.19. The average molecular weight is 859 g/mol. The Morgan fingerprint density at radius 1 is 0.587 bits per heavy atom. The van der Waals surface area contributed by atoms with E-state index < -0.39 is 66.4 Å². The van der Waals surface area contributed by atoms with Crippen molar-refractivity contribution in [3.63, 3.8) is 0 Å². The average Bonchev–Trinajstić information content (AvgIpc) is 3.27. The molecule has 1 heterocycles. The summed E-state index contributed by atoms with van der Waals surface area (Å²) >= 11 is 0. The number of esters is 1. The van der Waals surface area contributed by atoms with E-state index in [1.54, 1.807) is 20.8 Å². The second-order valence-electron chi connectivity index (χ2n) is 16.4. The van der Waals surface area contributed by atoms with Crippen molar-refractivity contribution < 1.29 is 47.5 Å². The number of ether oxygens (including phenoxy) is 7. The minimum absolute atomic E-state index is 0.0571. The van der Waals surface area contributed by atoms with E-state index in [1.165, 1.54) is 6.92 Å². The highest BCUT2D eigenvalue weighted by Crippen LogP contribution is 2.31. The molecule has 63 heavy (non-hydrogen) atoms. The lowest BCUT2D eigenvalue weighted by Gasteiger charge is -2.46. The van der Waals surface area contributed by atoms with Gasteiger partial charge in [-0.05, 0) is 55.0 Å². The molecular weight excluding hydrogens is 801 g/mol. The highest BCUT2D eigenvalue weighted by atomic mass is 16.6. The van der Waals surface area contributed by atoms with Gasteiger partial charge in [0, 0.05) is 6.92 Å². The molecule has 1 saturated heterocycles. The Bertz CT molecular complexity index is 2120. The van der Waals surface area contributed by atoms with Crippen LogP contribution in [0.4, 0.5) is 4.79 Å². The third-order valence-electron chi connectivity index (χ3n) is 10.1. The number of benzene rings is 5. The van der Waals surface area contributed by atoms with Gasteiger partial charge in [-0.2, -0.15) is 0 Å². The minimum Gasteiger partial charge on any atom is -0.450 e. The molecule has 1 fully saturated rings. The fourth-order valence-corrected chi connectivity index (χ4v) is 7.19. The molecule has 1 aliphatic heterocycles. The first kappa shape index (κ1) is 46.6. The zero-order valence-corrected chi connectivity index (χ0v) is 36.3. The Morgan fingerprint density at radius 2 is 1.02 bits per heavy atom. The smallest absolute Gasteiger partial charge is 0.408 e. The van der Waals surface area contributed by atoms with E-state index in [-0.39, 0.29) is 32.8 Å². The summed E-state index contributed by atoms with van der Waals surface area (Å²) in [5.74, 6) is -1.47. The Hall–Kier alpha value is -5.89. The molecule has 1 aliphatic rings. The van der Waals surface area contributed by atoms with Crippen LogP contribution in [-0.4, -0.2) is 73.0 Å². The van der Waals surface area contributed by atoms with Gasteiger partial charge >= 0.3 is 12.1 Å². The van der Waals surface area contributed by atoms with Crippen LogP contribution in [0.3, 0.4) is 0 Å². The molecule has 332 valence electrons. The lowest BCUT2D eigenvalue weighted by Crippen LogP contribution is -2.67. The molecule has 5 aromatic rings. The molecule has 0 saturated carbocycles. The summed E-state index contributed by atoms with van der Waals surface area (Å²) < 4.78 is 44.8. The van der Waals surface area contributed by atoms with Gasteiger partial charge in [-0.15, -0.1) is 0 Å². The van der Waals surface area contributed by atoms with Crippen LogP contribution in [0.25, 0.3) is 0 Å². The maximum absolute atomic E-state index is 14.8. The van der Waals surface area contributed by atoms with Crippen molar-refractivity contribution in [2.24, 2.45) is 0 Å². The van der Waals surface area contributed by atoms with Gasteiger partial charge in [-0.3, -0.25) is 9.59 Å². The van der Waals surface area contributed by atoms with Crippen LogP contribution >= 0.6 is 0 Å². The van der Waals surface area contributed by atoms with Crippen molar-refractivity contribution in [2.75, 3.05) is 6.61 Å². The van der Waals surface area contributed by atoms with Crippen LogP contribution in [0.2, 0.25) is 0 Å². The van der Waals surface area contributed by atoms with Gasteiger partial charge in [0.2, 0.25) is 6.10 Å². The van der Waals surface area contributed by atoms with Crippen LogP contribution in [0.15, 0.2) is 152 Å². The van der Waals surface area contributed by atoms with Gasteiger partial charge in [-0.1, -0.05) is 152 Å². The first-order chi connectivity index (χ1) is 30.5. The molecule has 12 nitrogen and oxygen atoms in total. The molecule has 0 aromatic heterocycles. The number of hydrogen-bond acceptors (Lipinski definition) is 10. The van der Waals surface area contributed by atoms with Crippen molar-refractivity contribution in [3.05, 3.63) is 179 Å².